The number of hydrogen-bond acceptors (Lipinski definition) is 5. The van der Waals surface area contributed by atoms with Crippen LogP contribution in [0, 0.1) is 0 Å². The lowest BCUT2D eigenvalue weighted by molar-refractivity contribution is 0.0333. The van der Waals surface area contributed by atoms with Crippen LogP contribution in [0.15, 0.2) is 11.2 Å². The van der Waals surface area contributed by atoms with Gasteiger partial charge in [0.05, 0.1) is 11.8 Å². The van der Waals surface area contributed by atoms with Crippen LogP contribution in [0.4, 0.5) is 0 Å². The van der Waals surface area contributed by atoms with Gasteiger partial charge in [-0.15, -0.1) is 0 Å². The van der Waals surface area contributed by atoms with E-state index in [0.29, 0.717) is 12.8 Å². The Morgan fingerprint density at radius 1 is 1.50 bits per heavy atom. The van der Waals surface area contributed by atoms with Crippen molar-refractivity contribution >= 4 is 16.0 Å². The number of carboxylic acids is 1. The van der Waals surface area contributed by atoms with Gasteiger partial charge in [-0.25, -0.2) is 13.2 Å². The summed E-state index contributed by atoms with van der Waals surface area (Å²) in [4.78, 5) is 11.0. The van der Waals surface area contributed by atoms with E-state index in [1.807, 2.05) is 0 Å². The Bertz CT molecular complexity index is 603. The topological polar surface area (TPSA) is 124 Å². The molecule has 9 heteroatoms. The first kappa shape index (κ1) is 14.9. The van der Waals surface area contributed by atoms with Crippen molar-refractivity contribution in [2.45, 2.75) is 36.3 Å². The predicted molar refractivity (Wildman–Crippen MR) is 68.8 cm³/mol. The molecule has 2 rings (SSSR count). The first-order valence-electron chi connectivity index (χ1n) is 6.22. The van der Waals surface area contributed by atoms with Crippen LogP contribution in [0.5, 0.6) is 0 Å². The summed E-state index contributed by atoms with van der Waals surface area (Å²) in [7, 11) is -2.70. The van der Waals surface area contributed by atoms with Crippen LogP contribution in [0.1, 0.15) is 36.0 Å². The standard InChI is InChI=1S/C11H17N3O5S/c1-14(7-11(17)4-2-3-5-11)20(18,19)9-8(10(15)16)6-12-13-9/h6,17H,2-5,7H2,1H3,(H,12,13)(H,15,16). The van der Waals surface area contributed by atoms with E-state index >= 15 is 0 Å². The molecule has 1 heterocycles. The van der Waals surface area contributed by atoms with Gasteiger partial charge in [0.15, 0.2) is 5.03 Å². The number of aromatic carboxylic acids is 1. The maximum Gasteiger partial charge on any atom is 0.340 e. The molecule has 0 radical (unpaired) electrons. The van der Waals surface area contributed by atoms with E-state index in [4.69, 9.17) is 5.11 Å². The molecule has 0 atom stereocenters. The quantitative estimate of drug-likeness (QED) is 0.705. The molecule has 0 amide bonds. The van der Waals surface area contributed by atoms with E-state index in [0.717, 1.165) is 23.3 Å². The molecule has 1 saturated carbocycles. The highest BCUT2D eigenvalue weighted by Crippen LogP contribution is 2.31. The number of aliphatic hydroxyl groups is 1. The summed E-state index contributed by atoms with van der Waals surface area (Å²) in [5.41, 5.74) is -1.44. The van der Waals surface area contributed by atoms with Gasteiger partial charge in [-0.05, 0) is 12.8 Å². The molecule has 1 aliphatic carbocycles. The summed E-state index contributed by atoms with van der Waals surface area (Å²) in [6.07, 6.45) is 3.75. The van der Waals surface area contributed by atoms with E-state index in [1.54, 1.807) is 0 Å². The number of carboxylic acid groups (broad SMARTS) is 1. The third-order valence-electron chi connectivity index (χ3n) is 3.55. The molecule has 1 aliphatic rings. The van der Waals surface area contributed by atoms with Gasteiger partial charge in [-0.1, -0.05) is 12.8 Å². The number of aromatic amines is 1. The molecule has 8 nitrogen and oxygen atoms in total. The minimum absolute atomic E-state index is 0.0621. The number of carbonyl (C=O) groups is 1. The van der Waals surface area contributed by atoms with Gasteiger partial charge in [-0.2, -0.15) is 9.40 Å². The van der Waals surface area contributed by atoms with Gasteiger partial charge >= 0.3 is 5.97 Å². The van der Waals surface area contributed by atoms with Crippen LogP contribution in [0.3, 0.4) is 0 Å². The highest BCUT2D eigenvalue weighted by atomic mass is 32.2. The number of aromatic nitrogens is 2. The fraction of sp³-hybridized carbons (Fsp3) is 0.636. The van der Waals surface area contributed by atoms with Crippen molar-refractivity contribution in [3.8, 4) is 0 Å². The zero-order chi connectivity index (χ0) is 15.0. The molecule has 1 aromatic heterocycles. The van der Waals surface area contributed by atoms with Crippen molar-refractivity contribution in [1.82, 2.24) is 14.5 Å². The number of hydrogen-bond donors (Lipinski definition) is 3. The molecule has 3 N–H and O–H groups in total. The van der Waals surface area contributed by atoms with Gasteiger partial charge in [-0.3, -0.25) is 5.10 Å². The van der Waals surface area contributed by atoms with Crippen LogP contribution in [-0.4, -0.2) is 58.3 Å². The first-order chi connectivity index (χ1) is 9.26. The average molecular weight is 303 g/mol. The van der Waals surface area contributed by atoms with Gasteiger partial charge in [0, 0.05) is 13.6 Å². The molecular weight excluding hydrogens is 286 g/mol. The Morgan fingerprint density at radius 2 is 2.10 bits per heavy atom. The number of nitrogens with one attached hydrogen (secondary N) is 1. The lowest BCUT2D eigenvalue weighted by atomic mass is 10.0. The minimum atomic E-state index is -4.02. The van der Waals surface area contributed by atoms with E-state index in [2.05, 4.69) is 10.2 Å². The molecule has 0 unspecified atom stereocenters. The summed E-state index contributed by atoms with van der Waals surface area (Å²) in [5.74, 6) is -1.37. The van der Waals surface area contributed by atoms with Crippen LogP contribution >= 0.6 is 0 Å². The maximum absolute atomic E-state index is 12.3. The molecule has 112 valence electrons. The number of nitrogens with zero attached hydrogens (tertiary/aromatic N) is 2. The number of sulfonamides is 1. The maximum atomic E-state index is 12.3. The fourth-order valence-corrected chi connectivity index (χ4v) is 3.78. The van der Waals surface area contributed by atoms with E-state index in [-0.39, 0.29) is 6.54 Å². The monoisotopic (exact) mass is 303 g/mol. The largest absolute Gasteiger partial charge is 0.478 e. The second-order valence-electron chi connectivity index (χ2n) is 5.11. The highest BCUT2D eigenvalue weighted by Gasteiger charge is 2.37. The molecule has 20 heavy (non-hydrogen) atoms. The van der Waals surface area contributed by atoms with E-state index in [1.165, 1.54) is 7.05 Å². The van der Waals surface area contributed by atoms with Crippen LogP contribution in [0.25, 0.3) is 0 Å². The van der Waals surface area contributed by atoms with Gasteiger partial charge < -0.3 is 10.2 Å². The van der Waals surface area contributed by atoms with E-state index < -0.39 is 32.2 Å². The molecule has 1 aromatic rings. The van der Waals surface area contributed by atoms with Crippen molar-refractivity contribution in [2.75, 3.05) is 13.6 Å². The summed E-state index contributed by atoms with van der Waals surface area (Å²) >= 11 is 0. The first-order valence-corrected chi connectivity index (χ1v) is 7.66. The molecule has 0 aliphatic heterocycles. The molecule has 0 saturated heterocycles. The van der Waals surface area contributed by atoms with Crippen LogP contribution in [-0.2, 0) is 10.0 Å². The SMILES string of the molecule is CN(CC1(O)CCCC1)S(=O)(=O)c1[nH]ncc1C(=O)O. The van der Waals surface area contributed by atoms with Crippen LogP contribution < -0.4 is 0 Å². The second kappa shape index (κ2) is 5.15. The molecule has 0 bridgehead atoms. The number of H-pyrrole nitrogens is 1. The zero-order valence-corrected chi connectivity index (χ0v) is 11.9. The summed E-state index contributed by atoms with van der Waals surface area (Å²) in [5, 5.41) is 24.4. The average Bonchev–Trinajstić information content (AvgIpc) is 2.97. The molecule has 1 fully saturated rings. The van der Waals surface area contributed by atoms with Gasteiger partial charge in [0.2, 0.25) is 0 Å². The Hall–Kier alpha value is -1.45. The molecule has 0 aromatic carbocycles. The van der Waals surface area contributed by atoms with Crippen molar-refractivity contribution in [2.24, 2.45) is 0 Å². The summed E-state index contributed by atoms with van der Waals surface area (Å²) in [6.45, 7) is -0.0621. The Labute approximate surface area is 116 Å². The predicted octanol–water partition coefficient (Wildman–Crippen LogP) is 0.0335. The van der Waals surface area contributed by atoms with Crippen molar-refractivity contribution in [3.63, 3.8) is 0 Å². The Kier molecular flexibility index (Phi) is 3.85. The minimum Gasteiger partial charge on any atom is -0.478 e. The number of rotatable bonds is 5. The third-order valence-corrected chi connectivity index (χ3v) is 5.33. The van der Waals surface area contributed by atoms with Gasteiger partial charge in [0.25, 0.3) is 10.0 Å². The highest BCUT2D eigenvalue weighted by molar-refractivity contribution is 7.89. The lowest BCUT2D eigenvalue weighted by Crippen LogP contribution is -2.42. The Morgan fingerprint density at radius 3 is 2.65 bits per heavy atom. The summed E-state index contributed by atoms with van der Waals surface area (Å²) in [6, 6.07) is 0. The normalized spacial score (nSPS) is 18.6. The van der Waals surface area contributed by atoms with Crippen molar-refractivity contribution < 1.29 is 23.4 Å². The summed E-state index contributed by atoms with van der Waals surface area (Å²) < 4.78 is 25.6. The number of likely N-dealkylation sites (N-methyl/N-ethyl adjacent to an activating group) is 1. The smallest absolute Gasteiger partial charge is 0.340 e. The van der Waals surface area contributed by atoms with Crippen LogP contribution in [0.2, 0.25) is 0 Å². The molecular formula is C11H17N3O5S. The lowest BCUT2D eigenvalue weighted by Gasteiger charge is -2.27. The van der Waals surface area contributed by atoms with Crippen molar-refractivity contribution in [1.29, 1.82) is 0 Å². The zero-order valence-electron chi connectivity index (χ0n) is 11.0. The third kappa shape index (κ3) is 2.69. The van der Waals surface area contributed by atoms with E-state index in [9.17, 15) is 18.3 Å². The Balaban J connectivity index is 2.25. The fourth-order valence-electron chi connectivity index (χ4n) is 2.47. The molecule has 0 spiro atoms. The second-order valence-corrected chi connectivity index (χ2v) is 7.09. The van der Waals surface area contributed by atoms with Crippen molar-refractivity contribution in [3.05, 3.63) is 11.8 Å². The van der Waals surface area contributed by atoms with Gasteiger partial charge in [0.1, 0.15) is 5.56 Å².